The number of hydrogen-bond donors (Lipinski definition) is 2. The molecular formula is C11H19NO5S2. The van der Waals surface area contributed by atoms with Gasteiger partial charge in [-0.2, -0.15) is 0 Å². The van der Waals surface area contributed by atoms with Gasteiger partial charge in [0.2, 0.25) is 5.91 Å². The number of aliphatic carboxylic acids is 1. The molecule has 1 rings (SSSR count). The Balaban J connectivity index is 2.49. The Bertz CT molecular complexity index is 440. The first kappa shape index (κ1) is 16.3. The van der Waals surface area contributed by atoms with Gasteiger partial charge in [0.1, 0.15) is 4.75 Å². The smallest absolute Gasteiger partial charge is 0.313 e. The second-order valence-corrected chi connectivity index (χ2v) is 8.11. The lowest BCUT2D eigenvalue weighted by Crippen LogP contribution is -2.50. The van der Waals surface area contributed by atoms with Crippen molar-refractivity contribution in [1.82, 2.24) is 5.32 Å². The van der Waals surface area contributed by atoms with Gasteiger partial charge in [-0.3, -0.25) is 9.59 Å². The molecule has 110 valence electrons. The van der Waals surface area contributed by atoms with E-state index in [1.54, 1.807) is 0 Å². The number of hydrogen-bond acceptors (Lipinski definition) is 5. The van der Waals surface area contributed by atoms with Crippen LogP contribution in [0.5, 0.6) is 0 Å². The Morgan fingerprint density at radius 2 is 1.89 bits per heavy atom. The quantitative estimate of drug-likeness (QED) is 0.655. The van der Waals surface area contributed by atoms with Crippen molar-refractivity contribution in [3.8, 4) is 0 Å². The molecule has 1 amide bonds. The molecule has 0 aliphatic heterocycles. The molecule has 0 spiro atoms. The molecule has 0 radical (unpaired) electrons. The standard InChI is InChI=1S/C11H19NO5S2/c1-19(16,17)11(4-2-3-5-11)10(15)12-6-7-18-8-9(13)14/h2-8H2,1H3,(H,12,15)(H,13,14). The lowest BCUT2D eigenvalue weighted by Gasteiger charge is -2.25. The van der Waals surface area contributed by atoms with Gasteiger partial charge in [-0.1, -0.05) is 12.8 Å². The number of carboxylic acids is 1. The van der Waals surface area contributed by atoms with Gasteiger partial charge in [-0.15, -0.1) is 11.8 Å². The summed E-state index contributed by atoms with van der Waals surface area (Å²) in [6.45, 7) is 0.286. The molecule has 0 heterocycles. The van der Waals surface area contributed by atoms with Crippen LogP contribution in [0.4, 0.5) is 0 Å². The molecule has 8 heteroatoms. The van der Waals surface area contributed by atoms with Gasteiger partial charge in [0, 0.05) is 18.6 Å². The Labute approximate surface area is 117 Å². The van der Waals surface area contributed by atoms with Crippen LogP contribution in [0.3, 0.4) is 0 Å². The molecule has 6 nitrogen and oxygen atoms in total. The minimum atomic E-state index is -3.43. The normalized spacial score (nSPS) is 18.2. The number of nitrogens with one attached hydrogen (secondary N) is 1. The first-order valence-electron chi connectivity index (χ1n) is 6.07. The summed E-state index contributed by atoms with van der Waals surface area (Å²) < 4.78 is 22.4. The Morgan fingerprint density at radius 3 is 2.37 bits per heavy atom. The van der Waals surface area contributed by atoms with E-state index in [9.17, 15) is 18.0 Å². The van der Waals surface area contributed by atoms with Gasteiger partial charge in [0.15, 0.2) is 9.84 Å². The Kier molecular flexibility index (Phi) is 5.66. The summed E-state index contributed by atoms with van der Waals surface area (Å²) in [7, 11) is -3.43. The van der Waals surface area contributed by atoms with Crippen molar-refractivity contribution in [2.75, 3.05) is 24.3 Å². The van der Waals surface area contributed by atoms with E-state index in [-0.39, 0.29) is 12.3 Å². The first-order valence-corrected chi connectivity index (χ1v) is 9.12. The zero-order valence-electron chi connectivity index (χ0n) is 10.8. The highest BCUT2D eigenvalue weighted by atomic mass is 32.2. The van der Waals surface area contributed by atoms with Crippen LogP contribution in [-0.4, -0.2) is 54.5 Å². The molecule has 19 heavy (non-hydrogen) atoms. The van der Waals surface area contributed by atoms with Crippen molar-refractivity contribution >= 4 is 33.5 Å². The van der Waals surface area contributed by atoms with Gasteiger partial charge in [-0.05, 0) is 12.8 Å². The maximum Gasteiger partial charge on any atom is 0.313 e. The highest BCUT2D eigenvalue weighted by molar-refractivity contribution is 7.99. The van der Waals surface area contributed by atoms with E-state index >= 15 is 0 Å². The van der Waals surface area contributed by atoms with E-state index in [0.717, 1.165) is 19.1 Å². The third-order valence-electron chi connectivity index (χ3n) is 3.29. The first-order chi connectivity index (χ1) is 8.79. The summed E-state index contributed by atoms with van der Waals surface area (Å²) in [6.07, 6.45) is 3.35. The molecule has 1 aliphatic rings. The molecule has 1 aliphatic carbocycles. The number of thioether (sulfide) groups is 1. The molecule has 1 fully saturated rings. The molecule has 0 saturated heterocycles. The highest BCUT2D eigenvalue weighted by Crippen LogP contribution is 2.36. The number of carbonyl (C=O) groups excluding carboxylic acids is 1. The molecule has 1 saturated carbocycles. The van der Waals surface area contributed by atoms with Crippen molar-refractivity contribution in [1.29, 1.82) is 0 Å². The van der Waals surface area contributed by atoms with Gasteiger partial charge in [0.25, 0.3) is 0 Å². The molecule has 0 atom stereocenters. The third-order valence-corrected chi connectivity index (χ3v) is 6.25. The Hall–Kier alpha value is -0.760. The highest BCUT2D eigenvalue weighted by Gasteiger charge is 2.49. The van der Waals surface area contributed by atoms with Crippen molar-refractivity contribution in [2.45, 2.75) is 30.4 Å². The second-order valence-electron chi connectivity index (χ2n) is 4.68. The summed E-state index contributed by atoms with van der Waals surface area (Å²) in [5, 5.41) is 11.1. The minimum Gasteiger partial charge on any atom is -0.481 e. The number of carboxylic acid groups (broad SMARTS) is 1. The average Bonchev–Trinajstić information content (AvgIpc) is 2.77. The van der Waals surface area contributed by atoms with Crippen molar-refractivity contribution < 1.29 is 23.1 Å². The molecule has 2 N–H and O–H groups in total. The predicted octanol–water partition coefficient (Wildman–Crippen LogP) is 0.278. The topological polar surface area (TPSA) is 101 Å². The maximum atomic E-state index is 12.1. The monoisotopic (exact) mass is 309 g/mol. The summed E-state index contributed by atoms with van der Waals surface area (Å²) in [6, 6.07) is 0. The van der Waals surface area contributed by atoms with Gasteiger partial charge < -0.3 is 10.4 Å². The lowest BCUT2D eigenvalue weighted by molar-refractivity contribution is -0.133. The minimum absolute atomic E-state index is 0.0207. The molecule has 0 aromatic rings. The fourth-order valence-electron chi connectivity index (χ4n) is 2.27. The van der Waals surface area contributed by atoms with E-state index in [1.807, 2.05) is 0 Å². The maximum absolute atomic E-state index is 12.1. The molecule has 0 aromatic heterocycles. The van der Waals surface area contributed by atoms with E-state index in [0.29, 0.717) is 18.6 Å². The van der Waals surface area contributed by atoms with Crippen LogP contribution in [0.25, 0.3) is 0 Å². The number of sulfone groups is 1. The summed E-state index contributed by atoms with van der Waals surface area (Å²) in [5.74, 6) is -0.909. The third kappa shape index (κ3) is 4.10. The largest absolute Gasteiger partial charge is 0.481 e. The van der Waals surface area contributed by atoms with Gasteiger partial charge in [0.05, 0.1) is 5.75 Å². The summed E-state index contributed by atoms with van der Waals surface area (Å²) in [4.78, 5) is 22.4. The van der Waals surface area contributed by atoms with Crippen molar-refractivity contribution in [3.63, 3.8) is 0 Å². The summed E-state index contributed by atoms with van der Waals surface area (Å²) >= 11 is 1.19. The zero-order chi connectivity index (χ0) is 14.5. The van der Waals surface area contributed by atoms with Gasteiger partial charge >= 0.3 is 5.97 Å². The van der Waals surface area contributed by atoms with Crippen molar-refractivity contribution in [2.24, 2.45) is 0 Å². The van der Waals surface area contributed by atoms with Crippen LogP contribution >= 0.6 is 11.8 Å². The van der Waals surface area contributed by atoms with Crippen LogP contribution in [0.1, 0.15) is 25.7 Å². The average molecular weight is 309 g/mol. The van der Waals surface area contributed by atoms with Crippen molar-refractivity contribution in [3.05, 3.63) is 0 Å². The van der Waals surface area contributed by atoms with Crippen LogP contribution in [0, 0.1) is 0 Å². The molecule has 0 unspecified atom stereocenters. The van der Waals surface area contributed by atoms with E-state index in [2.05, 4.69) is 5.32 Å². The molecular weight excluding hydrogens is 290 g/mol. The molecule has 0 bridgehead atoms. The fourth-order valence-corrected chi connectivity index (χ4v) is 4.27. The lowest BCUT2D eigenvalue weighted by atomic mass is 10.1. The SMILES string of the molecule is CS(=O)(=O)C1(C(=O)NCCSCC(=O)O)CCCC1. The van der Waals surface area contributed by atoms with E-state index < -0.39 is 26.5 Å². The number of carbonyl (C=O) groups is 2. The Morgan fingerprint density at radius 1 is 1.32 bits per heavy atom. The second kappa shape index (κ2) is 6.60. The predicted molar refractivity (Wildman–Crippen MR) is 74.0 cm³/mol. The number of rotatable bonds is 7. The fraction of sp³-hybridized carbons (Fsp3) is 0.818. The van der Waals surface area contributed by atoms with Crippen LogP contribution in [-0.2, 0) is 19.4 Å². The summed E-state index contributed by atoms with van der Waals surface area (Å²) in [5.41, 5.74) is 0. The van der Waals surface area contributed by atoms with Gasteiger partial charge in [-0.25, -0.2) is 8.42 Å². The van der Waals surface area contributed by atoms with Crippen LogP contribution in [0.2, 0.25) is 0 Å². The molecule has 0 aromatic carbocycles. The van der Waals surface area contributed by atoms with Crippen LogP contribution in [0.15, 0.2) is 0 Å². The van der Waals surface area contributed by atoms with Crippen LogP contribution < -0.4 is 5.32 Å². The van der Waals surface area contributed by atoms with E-state index in [1.165, 1.54) is 11.8 Å². The number of amides is 1. The van der Waals surface area contributed by atoms with E-state index in [4.69, 9.17) is 5.11 Å². The zero-order valence-corrected chi connectivity index (χ0v) is 12.5.